The average molecular weight is 532 g/mol. The van der Waals surface area contributed by atoms with E-state index >= 15 is 0 Å². The Bertz CT molecular complexity index is 981. The molecule has 1 fully saturated rings. The Morgan fingerprint density at radius 2 is 1.88 bits per heavy atom. The average Bonchev–Trinajstić information content (AvgIpc) is 3.27. The van der Waals surface area contributed by atoms with Crippen LogP contribution in [0.1, 0.15) is 43.7 Å². The zero-order chi connectivity index (χ0) is 24.0. The lowest BCUT2D eigenvalue weighted by Crippen LogP contribution is -2.50. The second-order valence-corrected chi connectivity index (χ2v) is 10.4. The van der Waals surface area contributed by atoms with Crippen molar-refractivity contribution in [3.8, 4) is 0 Å². The third-order valence-electron chi connectivity index (χ3n) is 5.76. The van der Waals surface area contributed by atoms with Gasteiger partial charge in [-0.15, -0.1) is 11.8 Å². The van der Waals surface area contributed by atoms with Crippen molar-refractivity contribution in [2.45, 2.75) is 57.0 Å². The minimum Gasteiger partial charge on any atom is -0.352 e. The molecule has 4 nitrogen and oxygen atoms in total. The number of carbonyl (C=O) groups is 2. The molecule has 2 aromatic carbocycles. The van der Waals surface area contributed by atoms with Crippen LogP contribution in [0.25, 0.3) is 0 Å². The van der Waals surface area contributed by atoms with Gasteiger partial charge in [0, 0.05) is 39.0 Å². The molecule has 1 saturated carbocycles. The van der Waals surface area contributed by atoms with Crippen LogP contribution in [0.5, 0.6) is 0 Å². The fourth-order valence-electron chi connectivity index (χ4n) is 3.80. The normalized spacial score (nSPS) is 14.8. The number of benzene rings is 2. The lowest BCUT2D eigenvalue weighted by Gasteiger charge is -2.30. The fourth-order valence-corrected chi connectivity index (χ4v) is 5.52. The summed E-state index contributed by atoms with van der Waals surface area (Å²) < 4.78 is 14.1. The van der Waals surface area contributed by atoms with Gasteiger partial charge in [0.15, 0.2) is 0 Å². The Morgan fingerprint density at radius 1 is 1.15 bits per heavy atom. The smallest absolute Gasteiger partial charge is 0.242 e. The maximum atomic E-state index is 14.1. The van der Waals surface area contributed by atoms with Gasteiger partial charge in [0.05, 0.1) is 5.75 Å². The maximum Gasteiger partial charge on any atom is 0.242 e. The topological polar surface area (TPSA) is 49.4 Å². The fraction of sp³-hybridized carbons (Fsp3) is 0.417. The number of carbonyl (C=O) groups excluding carboxylic acids is 2. The third kappa shape index (κ3) is 7.25. The first kappa shape index (κ1) is 26.1. The second-order valence-electron chi connectivity index (χ2n) is 8.12. The van der Waals surface area contributed by atoms with Gasteiger partial charge in [-0.1, -0.05) is 59.8 Å². The number of thioether (sulfide) groups is 1. The van der Waals surface area contributed by atoms with Crippen molar-refractivity contribution in [2.75, 3.05) is 5.75 Å². The van der Waals surface area contributed by atoms with Gasteiger partial charge >= 0.3 is 0 Å². The monoisotopic (exact) mass is 530 g/mol. The predicted molar refractivity (Wildman–Crippen MR) is 134 cm³/mol. The third-order valence-corrected chi connectivity index (χ3v) is 7.64. The van der Waals surface area contributed by atoms with Crippen molar-refractivity contribution in [2.24, 2.45) is 0 Å². The van der Waals surface area contributed by atoms with E-state index in [0.29, 0.717) is 26.2 Å². The Hall–Kier alpha value is -1.47. The first-order chi connectivity index (χ1) is 15.8. The highest BCUT2D eigenvalue weighted by atomic mass is 35.5. The van der Waals surface area contributed by atoms with Crippen LogP contribution in [0.3, 0.4) is 0 Å². The molecule has 9 heteroatoms. The molecule has 1 atom stereocenters. The van der Waals surface area contributed by atoms with E-state index in [4.69, 9.17) is 34.8 Å². The number of halogens is 4. The molecule has 2 amide bonds. The van der Waals surface area contributed by atoms with Crippen LogP contribution in [-0.4, -0.2) is 34.6 Å². The zero-order valence-corrected chi connectivity index (χ0v) is 21.3. The molecular weight excluding hydrogens is 506 g/mol. The number of hydrogen-bond acceptors (Lipinski definition) is 3. The molecule has 1 unspecified atom stereocenters. The Labute approximate surface area is 213 Å². The van der Waals surface area contributed by atoms with E-state index in [9.17, 15) is 14.0 Å². The summed E-state index contributed by atoms with van der Waals surface area (Å²) in [6.07, 6.45) is 4.10. The van der Waals surface area contributed by atoms with E-state index in [-0.39, 0.29) is 35.9 Å². The van der Waals surface area contributed by atoms with E-state index in [0.717, 1.165) is 25.7 Å². The maximum absolute atomic E-state index is 14.1. The highest BCUT2D eigenvalue weighted by molar-refractivity contribution is 7.99. The SMILES string of the molecule is CC(C(=O)NC1CCCC1)N(Cc1ccc(Cl)cc1Cl)C(=O)CSCc1c(F)cccc1Cl. The van der Waals surface area contributed by atoms with E-state index in [2.05, 4.69) is 5.32 Å². The molecule has 1 N–H and O–H groups in total. The van der Waals surface area contributed by atoms with Crippen LogP contribution in [0.15, 0.2) is 36.4 Å². The molecule has 0 saturated heterocycles. The molecule has 0 spiro atoms. The van der Waals surface area contributed by atoms with Gasteiger partial charge in [0.25, 0.3) is 0 Å². The van der Waals surface area contributed by atoms with Gasteiger partial charge in [-0.05, 0) is 49.6 Å². The van der Waals surface area contributed by atoms with E-state index in [1.807, 2.05) is 0 Å². The standard InChI is InChI=1S/C24H26Cl3FN2O2S/c1-15(24(32)29-18-5-2-3-6-18)30(12-16-9-10-17(25)11-21(16)27)23(31)14-33-13-19-20(26)7-4-8-22(19)28/h4,7-11,15,18H,2-3,5-6,12-14H2,1H3,(H,29,32). The van der Waals surface area contributed by atoms with Gasteiger partial charge in [0.1, 0.15) is 11.9 Å². The largest absolute Gasteiger partial charge is 0.352 e. The van der Waals surface area contributed by atoms with E-state index in [1.165, 1.54) is 22.7 Å². The first-order valence-electron chi connectivity index (χ1n) is 10.8. The summed E-state index contributed by atoms with van der Waals surface area (Å²) in [5, 5.41) is 4.30. The summed E-state index contributed by atoms with van der Waals surface area (Å²) in [6, 6.07) is 9.01. The van der Waals surface area contributed by atoms with Crippen LogP contribution in [-0.2, 0) is 21.9 Å². The lowest BCUT2D eigenvalue weighted by atomic mass is 10.1. The number of nitrogens with zero attached hydrogens (tertiary/aromatic N) is 1. The van der Waals surface area contributed by atoms with E-state index < -0.39 is 11.9 Å². The number of rotatable bonds is 9. The molecular formula is C24H26Cl3FN2O2S. The lowest BCUT2D eigenvalue weighted by molar-refractivity contribution is -0.138. The highest BCUT2D eigenvalue weighted by Crippen LogP contribution is 2.26. The minimum atomic E-state index is -0.692. The predicted octanol–water partition coefficient (Wildman–Crippen LogP) is 6.50. The second kappa shape index (κ2) is 12.3. The van der Waals surface area contributed by atoms with Crippen LogP contribution < -0.4 is 5.32 Å². The first-order valence-corrected chi connectivity index (χ1v) is 13.1. The number of nitrogens with one attached hydrogen (secondary N) is 1. The molecule has 178 valence electrons. The minimum absolute atomic E-state index is 0.0664. The number of amides is 2. The molecule has 2 aromatic rings. The van der Waals surface area contributed by atoms with Gasteiger partial charge in [-0.25, -0.2) is 4.39 Å². The Morgan fingerprint density at radius 3 is 2.55 bits per heavy atom. The Kier molecular flexibility index (Phi) is 9.74. The van der Waals surface area contributed by atoms with Crippen LogP contribution in [0.4, 0.5) is 4.39 Å². The zero-order valence-electron chi connectivity index (χ0n) is 18.3. The molecule has 0 bridgehead atoms. The quantitative estimate of drug-likeness (QED) is 0.402. The summed E-state index contributed by atoms with van der Waals surface area (Å²) in [5.74, 6) is -0.529. The van der Waals surface area contributed by atoms with Crippen molar-refractivity contribution in [1.29, 1.82) is 0 Å². The van der Waals surface area contributed by atoms with Crippen molar-refractivity contribution < 1.29 is 14.0 Å². The van der Waals surface area contributed by atoms with E-state index in [1.54, 1.807) is 37.3 Å². The molecule has 0 heterocycles. The molecule has 1 aliphatic carbocycles. The van der Waals surface area contributed by atoms with Crippen molar-refractivity contribution in [3.05, 3.63) is 68.4 Å². The summed E-state index contributed by atoms with van der Waals surface area (Å²) in [5.41, 5.74) is 1.05. The van der Waals surface area contributed by atoms with Crippen LogP contribution in [0.2, 0.25) is 15.1 Å². The highest BCUT2D eigenvalue weighted by Gasteiger charge is 2.29. The molecule has 0 radical (unpaired) electrons. The Balaban J connectivity index is 1.71. The van der Waals surface area contributed by atoms with Gasteiger partial charge in [-0.2, -0.15) is 0 Å². The molecule has 1 aliphatic rings. The summed E-state index contributed by atoms with van der Waals surface area (Å²) >= 11 is 19.7. The van der Waals surface area contributed by atoms with Crippen LogP contribution in [0, 0.1) is 5.82 Å². The van der Waals surface area contributed by atoms with Gasteiger partial charge < -0.3 is 10.2 Å². The van der Waals surface area contributed by atoms with Crippen molar-refractivity contribution in [3.63, 3.8) is 0 Å². The molecule has 0 aliphatic heterocycles. The number of hydrogen-bond donors (Lipinski definition) is 1. The van der Waals surface area contributed by atoms with Gasteiger partial charge in [-0.3, -0.25) is 9.59 Å². The summed E-state index contributed by atoms with van der Waals surface area (Å²) in [7, 11) is 0. The molecule has 33 heavy (non-hydrogen) atoms. The summed E-state index contributed by atoms with van der Waals surface area (Å²) in [6.45, 7) is 1.87. The van der Waals surface area contributed by atoms with Crippen LogP contribution >= 0.6 is 46.6 Å². The van der Waals surface area contributed by atoms with Gasteiger partial charge in [0.2, 0.25) is 11.8 Å². The molecule has 3 rings (SSSR count). The summed E-state index contributed by atoms with van der Waals surface area (Å²) in [4.78, 5) is 27.6. The molecule has 0 aromatic heterocycles. The van der Waals surface area contributed by atoms with Crippen molar-refractivity contribution in [1.82, 2.24) is 10.2 Å². The van der Waals surface area contributed by atoms with Crippen molar-refractivity contribution >= 4 is 58.4 Å².